The molecule has 1 amide bonds. The fraction of sp³-hybridized carbons (Fsp3) is 0.556. The summed E-state index contributed by atoms with van der Waals surface area (Å²) in [6, 6.07) is 7.04. The predicted octanol–water partition coefficient (Wildman–Crippen LogP) is 4.04. The van der Waals surface area contributed by atoms with Crippen LogP contribution in [0.3, 0.4) is 0 Å². The molecule has 1 rings (SSSR count). The fourth-order valence-electron chi connectivity index (χ4n) is 2.28. The van der Waals surface area contributed by atoms with Crippen molar-refractivity contribution in [3.63, 3.8) is 0 Å². The number of amides is 1. The molecule has 0 aliphatic carbocycles. The van der Waals surface area contributed by atoms with Gasteiger partial charge in [0, 0.05) is 5.56 Å². The summed E-state index contributed by atoms with van der Waals surface area (Å²) in [6.45, 7) is 5.71. The molecule has 0 saturated carbocycles. The van der Waals surface area contributed by atoms with Crippen molar-refractivity contribution in [1.82, 2.24) is 5.32 Å². The Morgan fingerprint density at radius 2 is 1.67 bits per heavy atom. The van der Waals surface area contributed by atoms with Crippen LogP contribution in [0.5, 0.6) is 0 Å². The summed E-state index contributed by atoms with van der Waals surface area (Å²) < 4.78 is 0. The van der Waals surface area contributed by atoms with Crippen LogP contribution < -0.4 is 5.32 Å². The first-order valence-electron chi connectivity index (χ1n) is 7.92. The van der Waals surface area contributed by atoms with Crippen LogP contribution in [-0.2, 0) is 4.79 Å². The minimum Gasteiger partial charge on any atom is -0.342 e. The number of hydrogen-bond donors (Lipinski definition) is 1. The molecule has 0 spiro atoms. The van der Waals surface area contributed by atoms with Crippen molar-refractivity contribution in [2.24, 2.45) is 0 Å². The molecule has 3 nitrogen and oxygen atoms in total. The molecule has 0 bridgehead atoms. The van der Waals surface area contributed by atoms with Gasteiger partial charge in [0.1, 0.15) is 0 Å². The summed E-state index contributed by atoms with van der Waals surface area (Å²) >= 11 is 0. The van der Waals surface area contributed by atoms with Crippen molar-refractivity contribution < 1.29 is 9.59 Å². The highest BCUT2D eigenvalue weighted by atomic mass is 16.2. The van der Waals surface area contributed by atoms with Crippen LogP contribution in [0.25, 0.3) is 0 Å². The number of aryl methyl sites for hydroxylation is 1. The van der Waals surface area contributed by atoms with Crippen molar-refractivity contribution in [1.29, 1.82) is 0 Å². The summed E-state index contributed by atoms with van der Waals surface area (Å²) in [6.07, 6.45) is 6.49. The Balaban J connectivity index is 2.48. The van der Waals surface area contributed by atoms with Crippen LogP contribution in [0.2, 0.25) is 0 Å². The van der Waals surface area contributed by atoms with Crippen molar-refractivity contribution in [3.8, 4) is 0 Å². The van der Waals surface area contributed by atoms with Crippen LogP contribution >= 0.6 is 0 Å². The molecule has 0 aliphatic rings. The van der Waals surface area contributed by atoms with E-state index in [-0.39, 0.29) is 17.7 Å². The average Bonchev–Trinajstić information content (AvgIpc) is 2.46. The molecular formula is C18H27NO2. The number of carbonyl (C=O) groups excluding carboxylic acids is 2. The maximum Gasteiger partial charge on any atom is 0.251 e. The quantitative estimate of drug-likeness (QED) is 0.697. The number of nitrogens with one attached hydrogen (secondary N) is 1. The van der Waals surface area contributed by atoms with Crippen LogP contribution in [0.1, 0.15) is 68.3 Å². The second-order valence-corrected chi connectivity index (χ2v) is 5.71. The normalized spacial score (nSPS) is 12.0. The van der Waals surface area contributed by atoms with Gasteiger partial charge >= 0.3 is 0 Å². The molecule has 0 aliphatic heterocycles. The number of hydrogen-bond acceptors (Lipinski definition) is 2. The largest absolute Gasteiger partial charge is 0.342 e. The lowest BCUT2D eigenvalue weighted by Crippen LogP contribution is -2.39. The summed E-state index contributed by atoms with van der Waals surface area (Å²) in [5.74, 6) is -0.130. The first kappa shape index (κ1) is 17.4. The summed E-state index contributed by atoms with van der Waals surface area (Å²) in [5.41, 5.74) is 1.73. The third-order valence-corrected chi connectivity index (χ3v) is 3.71. The highest BCUT2D eigenvalue weighted by molar-refractivity contribution is 5.97. The molecule has 1 N–H and O–H groups in total. The molecule has 0 aromatic heterocycles. The molecule has 21 heavy (non-hydrogen) atoms. The molecule has 0 saturated heterocycles. The van der Waals surface area contributed by atoms with Crippen molar-refractivity contribution >= 4 is 11.7 Å². The zero-order valence-corrected chi connectivity index (χ0v) is 13.4. The van der Waals surface area contributed by atoms with E-state index >= 15 is 0 Å². The van der Waals surface area contributed by atoms with E-state index in [9.17, 15) is 9.59 Å². The van der Waals surface area contributed by atoms with Gasteiger partial charge in [-0.05, 0) is 32.4 Å². The Morgan fingerprint density at radius 1 is 1.05 bits per heavy atom. The molecular weight excluding hydrogens is 262 g/mol. The van der Waals surface area contributed by atoms with E-state index in [2.05, 4.69) is 12.2 Å². The van der Waals surface area contributed by atoms with Gasteiger partial charge in [-0.2, -0.15) is 0 Å². The molecule has 1 unspecified atom stereocenters. The highest BCUT2D eigenvalue weighted by Gasteiger charge is 2.17. The number of unbranched alkanes of at least 4 members (excludes halogenated alkanes) is 4. The first-order chi connectivity index (χ1) is 10.0. The van der Waals surface area contributed by atoms with Gasteiger partial charge in [0.2, 0.25) is 0 Å². The lowest BCUT2D eigenvalue weighted by Gasteiger charge is -2.16. The molecule has 0 fully saturated rings. The highest BCUT2D eigenvalue weighted by Crippen LogP contribution is 2.09. The van der Waals surface area contributed by atoms with E-state index in [4.69, 9.17) is 0 Å². The number of ketones is 1. The monoisotopic (exact) mass is 289 g/mol. The fourth-order valence-corrected chi connectivity index (χ4v) is 2.28. The van der Waals surface area contributed by atoms with Gasteiger partial charge in [-0.15, -0.1) is 0 Å². The van der Waals surface area contributed by atoms with Gasteiger partial charge < -0.3 is 5.32 Å². The second kappa shape index (κ2) is 9.32. The van der Waals surface area contributed by atoms with Gasteiger partial charge in [-0.25, -0.2) is 0 Å². The van der Waals surface area contributed by atoms with Crippen LogP contribution in [0, 0.1) is 6.92 Å². The Kier molecular flexibility index (Phi) is 7.73. The molecule has 3 heteroatoms. The van der Waals surface area contributed by atoms with Crippen molar-refractivity contribution in [2.75, 3.05) is 0 Å². The number of carbonyl (C=O) groups is 2. The molecule has 1 aromatic rings. The van der Waals surface area contributed by atoms with Crippen molar-refractivity contribution in [3.05, 3.63) is 35.4 Å². The van der Waals surface area contributed by atoms with E-state index in [1.54, 1.807) is 19.1 Å². The predicted molar refractivity (Wildman–Crippen MR) is 86.5 cm³/mol. The Hall–Kier alpha value is -1.64. The van der Waals surface area contributed by atoms with Gasteiger partial charge in [-0.3, -0.25) is 9.59 Å². The van der Waals surface area contributed by atoms with E-state index in [1.165, 1.54) is 19.3 Å². The molecule has 1 atom stereocenters. The summed E-state index contributed by atoms with van der Waals surface area (Å²) in [7, 11) is 0. The standard InChI is InChI=1S/C18H27NO2/c1-4-5-6-7-8-9-17(15(3)20)19-18(21)16-12-10-14(2)11-13-16/h10-13,17H,4-9H2,1-3H3,(H,19,21). The van der Waals surface area contributed by atoms with Crippen LogP contribution in [0.15, 0.2) is 24.3 Å². The van der Waals surface area contributed by atoms with Gasteiger partial charge in [0.15, 0.2) is 5.78 Å². The van der Waals surface area contributed by atoms with Gasteiger partial charge in [0.05, 0.1) is 6.04 Å². The number of benzene rings is 1. The minimum absolute atomic E-state index is 0.0333. The molecule has 0 heterocycles. The molecule has 116 valence electrons. The summed E-state index contributed by atoms with van der Waals surface area (Å²) in [5, 5.41) is 2.85. The van der Waals surface area contributed by atoms with E-state index < -0.39 is 0 Å². The first-order valence-corrected chi connectivity index (χ1v) is 7.92. The summed E-state index contributed by atoms with van der Waals surface area (Å²) in [4.78, 5) is 23.8. The minimum atomic E-state index is -0.361. The number of Topliss-reactive ketones (excluding diaryl/α,β-unsaturated/α-hetero) is 1. The average molecular weight is 289 g/mol. The maximum absolute atomic E-state index is 12.1. The zero-order chi connectivity index (χ0) is 15.7. The lowest BCUT2D eigenvalue weighted by molar-refractivity contribution is -0.119. The topological polar surface area (TPSA) is 46.2 Å². The second-order valence-electron chi connectivity index (χ2n) is 5.71. The third-order valence-electron chi connectivity index (χ3n) is 3.71. The van der Waals surface area contributed by atoms with Crippen LogP contribution in [-0.4, -0.2) is 17.7 Å². The maximum atomic E-state index is 12.1. The zero-order valence-electron chi connectivity index (χ0n) is 13.4. The Bertz CT molecular complexity index is 451. The van der Waals surface area contributed by atoms with Crippen molar-refractivity contribution in [2.45, 2.75) is 65.3 Å². The molecule has 0 radical (unpaired) electrons. The van der Waals surface area contributed by atoms with E-state index in [0.29, 0.717) is 5.56 Å². The molecule has 1 aromatic carbocycles. The van der Waals surface area contributed by atoms with Gasteiger partial charge in [0.25, 0.3) is 5.91 Å². The van der Waals surface area contributed by atoms with E-state index in [0.717, 1.165) is 24.8 Å². The SMILES string of the molecule is CCCCCCCC(NC(=O)c1ccc(C)cc1)C(C)=O. The van der Waals surface area contributed by atoms with Gasteiger partial charge in [-0.1, -0.05) is 56.7 Å². The lowest BCUT2D eigenvalue weighted by atomic mass is 10.0. The smallest absolute Gasteiger partial charge is 0.251 e. The van der Waals surface area contributed by atoms with E-state index in [1.807, 2.05) is 19.1 Å². The third kappa shape index (κ3) is 6.56. The van der Waals surface area contributed by atoms with Crippen LogP contribution in [0.4, 0.5) is 0 Å². The Labute approximate surface area is 128 Å². The number of rotatable bonds is 9. The Morgan fingerprint density at radius 3 is 2.24 bits per heavy atom.